The molecule has 0 bridgehead atoms. The summed E-state index contributed by atoms with van der Waals surface area (Å²) in [6.45, 7) is 1.11. The van der Waals surface area contributed by atoms with Gasteiger partial charge in [-0.15, -0.1) is 11.3 Å². The van der Waals surface area contributed by atoms with Crippen molar-refractivity contribution in [1.82, 2.24) is 19.8 Å². The SMILES string of the molecule is COc1ccc([C@@H](NC(=O)[C@@H]2CCCN(C(=O)c3cccs3)C2)c2nccn2C)cc1. The van der Waals surface area contributed by atoms with Crippen LogP contribution in [0.4, 0.5) is 0 Å². The van der Waals surface area contributed by atoms with E-state index in [1.54, 1.807) is 18.2 Å². The van der Waals surface area contributed by atoms with Crippen LogP contribution in [-0.2, 0) is 11.8 Å². The van der Waals surface area contributed by atoms with Crippen LogP contribution in [0.15, 0.2) is 54.2 Å². The molecule has 1 aromatic carbocycles. The number of amides is 2. The van der Waals surface area contributed by atoms with Crippen molar-refractivity contribution in [3.05, 3.63) is 70.4 Å². The summed E-state index contributed by atoms with van der Waals surface area (Å²) in [5.41, 5.74) is 0.922. The second kappa shape index (κ2) is 9.34. The van der Waals surface area contributed by atoms with Crippen molar-refractivity contribution >= 4 is 23.2 Å². The van der Waals surface area contributed by atoms with Crippen LogP contribution in [0, 0.1) is 5.92 Å². The third-order valence-electron chi connectivity index (χ3n) is 5.66. The first kappa shape index (κ1) is 21.1. The number of thiophene rings is 1. The highest BCUT2D eigenvalue weighted by Crippen LogP contribution is 2.26. The zero-order chi connectivity index (χ0) is 21.8. The Balaban J connectivity index is 1.51. The van der Waals surface area contributed by atoms with Crippen molar-refractivity contribution in [2.45, 2.75) is 18.9 Å². The van der Waals surface area contributed by atoms with Crippen molar-refractivity contribution in [2.75, 3.05) is 20.2 Å². The van der Waals surface area contributed by atoms with Crippen molar-refractivity contribution in [1.29, 1.82) is 0 Å². The lowest BCUT2D eigenvalue weighted by molar-refractivity contribution is -0.126. The van der Waals surface area contributed by atoms with Gasteiger partial charge >= 0.3 is 0 Å². The van der Waals surface area contributed by atoms with E-state index < -0.39 is 0 Å². The average Bonchev–Trinajstić information content (AvgIpc) is 3.49. The van der Waals surface area contributed by atoms with Gasteiger partial charge in [-0.2, -0.15) is 0 Å². The molecule has 1 fully saturated rings. The van der Waals surface area contributed by atoms with Crippen LogP contribution in [0.2, 0.25) is 0 Å². The van der Waals surface area contributed by atoms with Gasteiger partial charge in [0.15, 0.2) is 0 Å². The molecule has 3 heterocycles. The summed E-state index contributed by atoms with van der Waals surface area (Å²) in [4.78, 5) is 33.0. The molecule has 0 radical (unpaired) electrons. The number of aromatic nitrogens is 2. The van der Waals surface area contributed by atoms with E-state index in [-0.39, 0.29) is 23.8 Å². The quantitative estimate of drug-likeness (QED) is 0.641. The summed E-state index contributed by atoms with van der Waals surface area (Å²) >= 11 is 1.43. The maximum Gasteiger partial charge on any atom is 0.263 e. The Kier molecular flexibility index (Phi) is 6.36. The molecule has 0 unspecified atom stereocenters. The summed E-state index contributed by atoms with van der Waals surface area (Å²) < 4.78 is 7.17. The number of imidazole rings is 1. The lowest BCUT2D eigenvalue weighted by Gasteiger charge is -2.32. The zero-order valence-electron chi connectivity index (χ0n) is 17.7. The molecule has 1 aliphatic rings. The maximum absolute atomic E-state index is 13.3. The van der Waals surface area contributed by atoms with Crippen LogP contribution in [0.1, 0.15) is 39.9 Å². The third kappa shape index (κ3) is 4.64. The summed E-state index contributed by atoms with van der Waals surface area (Å²) in [7, 11) is 3.53. The molecule has 1 saturated heterocycles. The number of likely N-dealkylation sites (tertiary alicyclic amines) is 1. The number of aryl methyl sites for hydroxylation is 1. The Bertz CT molecular complexity index is 1030. The number of rotatable bonds is 6. The van der Waals surface area contributed by atoms with E-state index in [9.17, 15) is 9.59 Å². The Morgan fingerprint density at radius 1 is 1.26 bits per heavy atom. The van der Waals surface area contributed by atoms with Crippen LogP contribution in [0.25, 0.3) is 0 Å². The van der Waals surface area contributed by atoms with Gasteiger partial charge in [0.2, 0.25) is 5.91 Å². The molecule has 2 amide bonds. The number of carbonyl (C=O) groups is 2. The predicted molar refractivity (Wildman–Crippen MR) is 119 cm³/mol. The van der Waals surface area contributed by atoms with E-state index in [2.05, 4.69) is 10.3 Å². The van der Waals surface area contributed by atoms with E-state index in [0.29, 0.717) is 18.0 Å². The van der Waals surface area contributed by atoms with Crippen LogP contribution in [0.5, 0.6) is 5.75 Å². The fourth-order valence-electron chi connectivity index (χ4n) is 3.94. The molecule has 4 rings (SSSR count). The highest BCUT2D eigenvalue weighted by Gasteiger charge is 2.31. The molecular weight excluding hydrogens is 412 g/mol. The van der Waals surface area contributed by atoms with Gasteiger partial charge in [0.1, 0.15) is 17.6 Å². The molecule has 1 N–H and O–H groups in total. The summed E-state index contributed by atoms with van der Waals surface area (Å²) in [6, 6.07) is 10.9. The molecule has 1 aliphatic heterocycles. The minimum Gasteiger partial charge on any atom is -0.497 e. The molecule has 2 atom stereocenters. The van der Waals surface area contributed by atoms with Crippen molar-refractivity contribution < 1.29 is 14.3 Å². The van der Waals surface area contributed by atoms with Gasteiger partial charge < -0.3 is 19.5 Å². The summed E-state index contributed by atoms with van der Waals surface area (Å²) in [6.07, 6.45) is 5.15. The molecule has 7 nitrogen and oxygen atoms in total. The smallest absolute Gasteiger partial charge is 0.263 e. The number of nitrogens with one attached hydrogen (secondary N) is 1. The maximum atomic E-state index is 13.3. The largest absolute Gasteiger partial charge is 0.497 e. The summed E-state index contributed by atoms with van der Waals surface area (Å²) in [5.74, 6) is 1.19. The third-order valence-corrected chi connectivity index (χ3v) is 6.52. The second-order valence-corrected chi connectivity index (χ2v) is 8.63. The molecule has 0 saturated carbocycles. The number of benzene rings is 1. The standard InChI is InChI=1S/C23H26N4O3S/c1-26-13-11-24-21(26)20(16-7-9-18(30-2)10-8-16)25-22(28)17-5-3-12-27(15-17)23(29)19-6-4-14-31-19/h4,6-11,13-14,17,20H,3,5,12,15H2,1-2H3,(H,25,28)/t17-,20-/m1/s1. The number of ether oxygens (including phenoxy) is 1. The number of nitrogens with zero attached hydrogens (tertiary/aromatic N) is 3. The van der Waals surface area contributed by atoms with Gasteiger partial charge in [-0.3, -0.25) is 9.59 Å². The van der Waals surface area contributed by atoms with Crippen molar-refractivity contribution in [2.24, 2.45) is 13.0 Å². The number of carbonyl (C=O) groups excluding carboxylic acids is 2. The Morgan fingerprint density at radius 3 is 2.71 bits per heavy atom. The Labute approximate surface area is 185 Å². The molecule has 0 aliphatic carbocycles. The predicted octanol–water partition coefficient (Wildman–Crippen LogP) is 3.25. The first-order chi connectivity index (χ1) is 15.1. The highest BCUT2D eigenvalue weighted by molar-refractivity contribution is 7.12. The van der Waals surface area contributed by atoms with Crippen LogP contribution in [0.3, 0.4) is 0 Å². The lowest BCUT2D eigenvalue weighted by atomic mass is 9.95. The Morgan fingerprint density at radius 2 is 2.06 bits per heavy atom. The van der Waals surface area contributed by atoms with Crippen LogP contribution >= 0.6 is 11.3 Å². The first-order valence-electron chi connectivity index (χ1n) is 10.3. The van der Waals surface area contributed by atoms with E-state index >= 15 is 0 Å². The van der Waals surface area contributed by atoms with Crippen molar-refractivity contribution in [3.63, 3.8) is 0 Å². The highest BCUT2D eigenvalue weighted by atomic mass is 32.1. The molecule has 8 heteroatoms. The molecular formula is C23H26N4O3S. The van der Waals surface area contributed by atoms with E-state index in [1.807, 2.05) is 59.6 Å². The van der Waals surface area contributed by atoms with E-state index in [4.69, 9.17) is 4.74 Å². The van der Waals surface area contributed by atoms with Gasteiger partial charge in [0.05, 0.1) is 17.9 Å². The molecule has 3 aromatic rings. The molecule has 2 aromatic heterocycles. The number of methoxy groups -OCH3 is 1. The second-order valence-electron chi connectivity index (χ2n) is 7.68. The fourth-order valence-corrected chi connectivity index (χ4v) is 4.63. The van der Waals surface area contributed by atoms with Crippen molar-refractivity contribution in [3.8, 4) is 5.75 Å². The number of hydrogen-bond donors (Lipinski definition) is 1. The van der Waals surface area contributed by atoms with E-state index in [0.717, 1.165) is 30.0 Å². The van der Waals surface area contributed by atoms with Crippen LogP contribution in [-0.4, -0.2) is 46.5 Å². The Hall–Kier alpha value is -3.13. The van der Waals surface area contributed by atoms with E-state index in [1.165, 1.54) is 11.3 Å². The van der Waals surface area contributed by atoms with Gasteiger partial charge in [-0.05, 0) is 42.0 Å². The van der Waals surface area contributed by atoms with Gasteiger partial charge in [-0.1, -0.05) is 18.2 Å². The van der Waals surface area contributed by atoms with Crippen LogP contribution < -0.4 is 10.1 Å². The first-order valence-corrected chi connectivity index (χ1v) is 11.2. The van der Waals surface area contributed by atoms with Gasteiger partial charge in [0.25, 0.3) is 5.91 Å². The molecule has 0 spiro atoms. The van der Waals surface area contributed by atoms with Gasteiger partial charge in [-0.25, -0.2) is 4.98 Å². The average molecular weight is 439 g/mol. The minimum absolute atomic E-state index is 0.00306. The lowest BCUT2D eigenvalue weighted by Crippen LogP contribution is -2.46. The summed E-state index contributed by atoms with van der Waals surface area (Å²) in [5, 5.41) is 5.08. The fraction of sp³-hybridized carbons (Fsp3) is 0.348. The monoisotopic (exact) mass is 438 g/mol. The normalized spacial score (nSPS) is 17.2. The number of hydrogen-bond acceptors (Lipinski definition) is 5. The molecule has 31 heavy (non-hydrogen) atoms. The number of piperidine rings is 1. The topological polar surface area (TPSA) is 76.5 Å². The van der Waals surface area contributed by atoms with Gasteiger partial charge in [0, 0.05) is 32.5 Å². The zero-order valence-corrected chi connectivity index (χ0v) is 18.5. The minimum atomic E-state index is -0.387. The molecule has 162 valence electrons.